The Balaban J connectivity index is 2.29. The molecule has 1 nitrogen and oxygen atoms in total. The molecule has 1 N–H and O–H groups in total. The van der Waals surface area contributed by atoms with Crippen LogP contribution in [0.4, 0.5) is 0 Å². The zero-order valence-electron chi connectivity index (χ0n) is 7.43. The van der Waals surface area contributed by atoms with Crippen LogP contribution in [0.1, 0.15) is 19.4 Å². The zero-order valence-corrected chi connectivity index (χ0v) is 9.83. The molecule has 0 fully saturated rings. The Labute approximate surface area is 86.3 Å². The van der Waals surface area contributed by atoms with Gasteiger partial charge in [-0.2, -0.15) is 11.3 Å². The molecule has 3 heteroatoms. The number of hydrogen-bond acceptors (Lipinski definition) is 2. The van der Waals surface area contributed by atoms with E-state index in [1.807, 2.05) is 0 Å². The molecule has 0 saturated carbocycles. The van der Waals surface area contributed by atoms with Crippen LogP contribution in [0.5, 0.6) is 0 Å². The van der Waals surface area contributed by atoms with Crippen molar-refractivity contribution >= 4 is 27.3 Å². The van der Waals surface area contributed by atoms with Gasteiger partial charge in [0, 0.05) is 16.4 Å². The normalized spacial score (nSPS) is 11.0. The van der Waals surface area contributed by atoms with Gasteiger partial charge in [0.05, 0.1) is 0 Å². The fourth-order valence-corrected chi connectivity index (χ4v) is 2.37. The lowest BCUT2D eigenvalue weighted by Gasteiger charge is -2.05. The van der Waals surface area contributed by atoms with E-state index in [0.29, 0.717) is 0 Å². The second-order valence-electron chi connectivity index (χ2n) is 3.27. The van der Waals surface area contributed by atoms with Gasteiger partial charge in [-0.05, 0) is 39.3 Å². The fraction of sp³-hybridized carbons (Fsp3) is 0.556. The van der Waals surface area contributed by atoms with Crippen molar-refractivity contribution in [1.82, 2.24) is 5.32 Å². The molecule has 0 bridgehead atoms. The molecule has 0 saturated heterocycles. The summed E-state index contributed by atoms with van der Waals surface area (Å²) < 4.78 is 1.23. The highest BCUT2D eigenvalue weighted by Gasteiger charge is 1.99. The first-order chi connectivity index (χ1) is 5.70. The summed E-state index contributed by atoms with van der Waals surface area (Å²) >= 11 is 5.24. The quantitative estimate of drug-likeness (QED) is 0.862. The molecule has 12 heavy (non-hydrogen) atoms. The lowest BCUT2D eigenvalue weighted by Crippen LogP contribution is -2.18. The molecule has 68 valence electrons. The third-order valence-corrected chi connectivity index (χ3v) is 3.39. The molecule has 0 aliphatic rings. The predicted octanol–water partition coefficient (Wildman–Crippen LogP) is 3.26. The van der Waals surface area contributed by atoms with E-state index in [9.17, 15) is 0 Å². The van der Waals surface area contributed by atoms with E-state index in [4.69, 9.17) is 0 Å². The van der Waals surface area contributed by atoms with E-state index in [0.717, 1.165) is 19.0 Å². The van der Waals surface area contributed by atoms with E-state index in [1.54, 1.807) is 11.3 Å². The van der Waals surface area contributed by atoms with Crippen molar-refractivity contribution in [2.45, 2.75) is 20.4 Å². The molecule has 0 aliphatic heterocycles. The fourth-order valence-electron chi connectivity index (χ4n) is 0.929. The molecule has 0 amide bonds. The van der Waals surface area contributed by atoms with E-state index < -0.39 is 0 Å². The molecule has 0 atom stereocenters. The second-order valence-corrected chi connectivity index (χ2v) is 4.87. The smallest absolute Gasteiger partial charge is 0.0327 e. The van der Waals surface area contributed by atoms with Gasteiger partial charge in [-0.1, -0.05) is 13.8 Å². The van der Waals surface area contributed by atoms with Crippen LogP contribution in [-0.4, -0.2) is 6.54 Å². The molecule has 0 aromatic carbocycles. The van der Waals surface area contributed by atoms with Crippen LogP contribution >= 0.6 is 27.3 Å². The van der Waals surface area contributed by atoms with Crippen molar-refractivity contribution < 1.29 is 0 Å². The third-order valence-electron chi connectivity index (χ3n) is 1.56. The Bertz CT molecular complexity index is 232. The summed E-state index contributed by atoms with van der Waals surface area (Å²) in [7, 11) is 0. The Morgan fingerprint density at radius 2 is 2.25 bits per heavy atom. The highest BCUT2D eigenvalue weighted by Crippen LogP contribution is 2.20. The molecule has 1 heterocycles. The van der Waals surface area contributed by atoms with Crippen LogP contribution in [0.3, 0.4) is 0 Å². The van der Waals surface area contributed by atoms with Crippen molar-refractivity contribution in [1.29, 1.82) is 0 Å². The summed E-state index contributed by atoms with van der Waals surface area (Å²) in [4.78, 5) is 0. The minimum Gasteiger partial charge on any atom is -0.312 e. The number of hydrogen-bond donors (Lipinski definition) is 1. The van der Waals surface area contributed by atoms with Crippen molar-refractivity contribution in [3.05, 3.63) is 20.8 Å². The molecule has 0 spiro atoms. The summed E-state index contributed by atoms with van der Waals surface area (Å²) in [6.07, 6.45) is 0. The summed E-state index contributed by atoms with van der Waals surface area (Å²) in [6.45, 7) is 6.50. The number of halogens is 1. The first-order valence-electron chi connectivity index (χ1n) is 4.11. The van der Waals surface area contributed by atoms with E-state index in [2.05, 4.69) is 45.9 Å². The second kappa shape index (κ2) is 5.00. The van der Waals surface area contributed by atoms with Crippen LogP contribution in [0.2, 0.25) is 0 Å². The van der Waals surface area contributed by atoms with Gasteiger partial charge in [-0.3, -0.25) is 0 Å². The van der Waals surface area contributed by atoms with Gasteiger partial charge >= 0.3 is 0 Å². The van der Waals surface area contributed by atoms with Crippen LogP contribution in [0.25, 0.3) is 0 Å². The van der Waals surface area contributed by atoms with E-state index in [-0.39, 0.29) is 0 Å². The van der Waals surface area contributed by atoms with Gasteiger partial charge < -0.3 is 5.32 Å². The monoisotopic (exact) mass is 247 g/mol. The molecule has 1 rings (SSSR count). The minimum atomic E-state index is 0.724. The maximum absolute atomic E-state index is 3.50. The minimum absolute atomic E-state index is 0.724. The first kappa shape index (κ1) is 10.2. The van der Waals surface area contributed by atoms with Gasteiger partial charge in [-0.15, -0.1) is 0 Å². The van der Waals surface area contributed by atoms with E-state index >= 15 is 0 Å². The van der Waals surface area contributed by atoms with Crippen molar-refractivity contribution in [2.24, 2.45) is 5.92 Å². The Morgan fingerprint density at radius 1 is 1.50 bits per heavy atom. The van der Waals surface area contributed by atoms with Crippen LogP contribution in [-0.2, 0) is 6.54 Å². The average molecular weight is 248 g/mol. The highest BCUT2D eigenvalue weighted by molar-refractivity contribution is 9.10. The lowest BCUT2D eigenvalue weighted by molar-refractivity contribution is 0.552. The molecule has 0 aliphatic carbocycles. The SMILES string of the molecule is CC(C)CNCc1cscc1Br. The van der Waals surface area contributed by atoms with E-state index in [1.165, 1.54) is 10.0 Å². The average Bonchev–Trinajstić information content (AvgIpc) is 2.36. The first-order valence-corrected chi connectivity index (χ1v) is 5.85. The van der Waals surface area contributed by atoms with Gasteiger partial charge in [0.2, 0.25) is 0 Å². The van der Waals surface area contributed by atoms with Crippen LogP contribution in [0.15, 0.2) is 15.2 Å². The van der Waals surface area contributed by atoms with Gasteiger partial charge in [0.25, 0.3) is 0 Å². The van der Waals surface area contributed by atoms with Crippen LogP contribution < -0.4 is 5.32 Å². The zero-order chi connectivity index (χ0) is 8.97. The number of thiophene rings is 1. The Morgan fingerprint density at radius 3 is 2.75 bits per heavy atom. The predicted molar refractivity (Wildman–Crippen MR) is 58.6 cm³/mol. The Kier molecular flexibility index (Phi) is 4.26. The molecular formula is C9H14BrNS. The van der Waals surface area contributed by atoms with Gasteiger partial charge in [0.15, 0.2) is 0 Å². The standard InChI is InChI=1S/C9H14BrNS/c1-7(2)3-11-4-8-5-12-6-9(8)10/h5-7,11H,3-4H2,1-2H3. The molecule has 1 aromatic heterocycles. The molecule has 0 unspecified atom stereocenters. The number of rotatable bonds is 4. The summed E-state index contributed by atoms with van der Waals surface area (Å²) in [5.41, 5.74) is 1.36. The van der Waals surface area contributed by atoms with Gasteiger partial charge in [-0.25, -0.2) is 0 Å². The Hall–Kier alpha value is 0.140. The summed E-state index contributed by atoms with van der Waals surface area (Å²) in [6, 6.07) is 0. The van der Waals surface area contributed by atoms with Crippen molar-refractivity contribution in [3.63, 3.8) is 0 Å². The third kappa shape index (κ3) is 3.25. The summed E-state index contributed by atoms with van der Waals surface area (Å²) in [5.74, 6) is 0.724. The number of nitrogens with one attached hydrogen (secondary N) is 1. The maximum atomic E-state index is 3.50. The maximum Gasteiger partial charge on any atom is 0.0327 e. The molecule has 1 aromatic rings. The van der Waals surface area contributed by atoms with Crippen molar-refractivity contribution in [3.8, 4) is 0 Å². The summed E-state index contributed by atoms with van der Waals surface area (Å²) in [5, 5.41) is 7.70. The topological polar surface area (TPSA) is 12.0 Å². The molecule has 0 radical (unpaired) electrons. The largest absolute Gasteiger partial charge is 0.312 e. The van der Waals surface area contributed by atoms with Crippen LogP contribution in [0, 0.1) is 5.92 Å². The highest BCUT2D eigenvalue weighted by atomic mass is 79.9. The van der Waals surface area contributed by atoms with Gasteiger partial charge in [0.1, 0.15) is 0 Å². The van der Waals surface area contributed by atoms with Crippen molar-refractivity contribution in [2.75, 3.05) is 6.54 Å². The molecular weight excluding hydrogens is 234 g/mol. The lowest BCUT2D eigenvalue weighted by atomic mass is 10.2.